The Kier molecular flexibility index (Phi) is 2.95. The molecule has 0 unspecified atom stereocenters. The van der Waals surface area contributed by atoms with Crippen molar-refractivity contribution in [3.8, 4) is 0 Å². The molecule has 1 heterocycles. The van der Waals surface area contributed by atoms with E-state index >= 15 is 0 Å². The summed E-state index contributed by atoms with van der Waals surface area (Å²) in [5.41, 5.74) is 0. The molecule has 0 aromatic rings. The van der Waals surface area contributed by atoms with Crippen LogP contribution in [-0.2, 0) is 0 Å². The van der Waals surface area contributed by atoms with Crippen LogP contribution in [0.1, 0.15) is 0 Å². The largest absolute Gasteiger partial charge is 0.599 e. The van der Waals surface area contributed by atoms with Crippen LogP contribution in [0.4, 0.5) is 0 Å². The fraction of sp³-hybridized carbons (Fsp3) is 0.500. The van der Waals surface area contributed by atoms with Crippen molar-refractivity contribution >= 4 is 0 Å². The SMILES string of the molecule is O=NN1CNC(=C([N+](=O)[O-])[N+](=O)[O-])NC1. The average Bonchev–Trinajstić information content (AvgIpc) is 2.18. The Morgan fingerprint density at radius 1 is 1.27 bits per heavy atom. The Balaban J connectivity index is 2.85. The summed E-state index contributed by atoms with van der Waals surface area (Å²) in [6.07, 6.45) is 0. The minimum absolute atomic E-state index is 0.128. The van der Waals surface area contributed by atoms with Gasteiger partial charge in [-0.25, -0.2) is 5.01 Å². The standard InChI is InChI=1S/C4H6N6O5/c11-7-8-1-5-3(6-2-8)4(9(12)13)10(14)15/h5-6H,1-2H2. The number of nitroso groups, excluding NO2 is 1. The van der Waals surface area contributed by atoms with Crippen molar-refractivity contribution in [3.63, 3.8) is 0 Å². The van der Waals surface area contributed by atoms with Gasteiger partial charge in [0.1, 0.15) is 23.2 Å². The zero-order valence-electron chi connectivity index (χ0n) is 7.24. The molecule has 0 aromatic carbocycles. The van der Waals surface area contributed by atoms with Gasteiger partial charge in [-0.1, -0.05) is 0 Å². The van der Waals surface area contributed by atoms with Crippen molar-refractivity contribution < 1.29 is 9.85 Å². The molecule has 0 aliphatic carbocycles. The maximum atomic E-state index is 10.3. The van der Waals surface area contributed by atoms with Crippen molar-refractivity contribution in [2.45, 2.75) is 0 Å². The second-order valence-corrected chi connectivity index (χ2v) is 2.47. The first-order chi connectivity index (χ1) is 7.06. The first-order valence-corrected chi connectivity index (χ1v) is 3.65. The van der Waals surface area contributed by atoms with Gasteiger partial charge in [-0.15, -0.1) is 4.91 Å². The molecule has 11 heteroatoms. The van der Waals surface area contributed by atoms with E-state index in [1.54, 1.807) is 0 Å². The van der Waals surface area contributed by atoms with Crippen LogP contribution < -0.4 is 10.6 Å². The second kappa shape index (κ2) is 4.17. The lowest BCUT2D eigenvalue weighted by Gasteiger charge is -2.23. The van der Waals surface area contributed by atoms with E-state index < -0.39 is 15.7 Å². The molecule has 82 valence electrons. The molecule has 1 saturated heterocycles. The molecule has 0 bridgehead atoms. The van der Waals surface area contributed by atoms with Crippen LogP contribution in [0.3, 0.4) is 0 Å². The van der Waals surface area contributed by atoms with Gasteiger partial charge in [0.05, 0.1) is 5.29 Å². The van der Waals surface area contributed by atoms with Crippen LogP contribution in [0.5, 0.6) is 0 Å². The van der Waals surface area contributed by atoms with E-state index in [1.807, 2.05) is 0 Å². The van der Waals surface area contributed by atoms with Crippen LogP contribution in [0.2, 0.25) is 0 Å². The van der Waals surface area contributed by atoms with E-state index in [0.29, 0.717) is 0 Å². The topological polar surface area (TPSA) is 143 Å². The van der Waals surface area contributed by atoms with E-state index in [1.165, 1.54) is 0 Å². The number of rotatable bonds is 3. The molecule has 1 aliphatic heterocycles. The molecule has 0 saturated carbocycles. The quantitative estimate of drug-likeness (QED) is 0.340. The van der Waals surface area contributed by atoms with Gasteiger partial charge in [0, 0.05) is 0 Å². The highest BCUT2D eigenvalue weighted by Crippen LogP contribution is 2.04. The molecule has 0 radical (unpaired) electrons. The fourth-order valence-electron chi connectivity index (χ4n) is 0.924. The summed E-state index contributed by atoms with van der Waals surface area (Å²) in [6, 6.07) is 0. The zero-order chi connectivity index (χ0) is 11.4. The van der Waals surface area contributed by atoms with Gasteiger partial charge >= 0.3 is 5.82 Å². The minimum Gasteiger partial charge on any atom is -0.341 e. The average molecular weight is 218 g/mol. The van der Waals surface area contributed by atoms with Crippen LogP contribution in [0.15, 0.2) is 16.9 Å². The maximum absolute atomic E-state index is 10.3. The number of nitro groups is 2. The third-order valence-corrected chi connectivity index (χ3v) is 1.56. The Bertz CT molecular complexity index is 312. The molecule has 0 spiro atoms. The number of hydrogen-bond acceptors (Lipinski definition) is 8. The smallest absolute Gasteiger partial charge is 0.341 e. The summed E-state index contributed by atoms with van der Waals surface area (Å²) in [6.45, 7) is -0.256. The van der Waals surface area contributed by atoms with E-state index in [4.69, 9.17) is 0 Å². The van der Waals surface area contributed by atoms with Crippen molar-refractivity contribution in [3.05, 3.63) is 36.8 Å². The third kappa shape index (κ3) is 2.26. The van der Waals surface area contributed by atoms with Gasteiger partial charge in [0.15, 0.2) is 0 Å². The molecule has 1 aliphatic rings. The summed E-state index contributed by atoms with van der Waals surface area (Å²) in [4.78, 5) is 28.4. The summed E-state index contributed by atoms with van der Waals surface area (Å²) in [5.74, 6) is -1.54. The van der Waals surface area contributed by atoms with Crippen molar-refractivity contribution in [1.29, 1.82) is 0 Å². The van der Waals surface area contributed by atoms with Gasteiger partial charge in [-0.2, -0.15) is 0 Å². The molecule has 11 nitrogen and oxygen atoms in total. The summed E-state index contributed by atoms with van der Waals surface area (Å²) in [5, 5.41) is 28.7. The normalized spacial score (nSPS) is 14.9. The van der Waals surface area contributed by atoms with Crippen LogP contribution in [0.25, 0.3) is 0 Å². The number of nitrogens with zero attached hydrogens (tertiary/aromatic N) is 4. The van der Waals surface area contributed by atoms with Crippen LogP contribution in [-0.4, -0.2) is 28.2 Å². The Hall–Kier alpha value is -2.46. The predicted molar refractivity (Wildman–Crippen MR) is 44.7 cm³/mol. The molecule has 1 fully saturated rings. The van der Waals surface area contributed by atoms with Gasteiger partial charge in [-0.05, 0) is 0 Å². The third-order valence-electron chi connectivity index (χ3n) is 1.56. The van der Waals surface area contributed by atoms with E-state index in [2.05, 4.69) is 15.9 Å². The summed E-state index contributed by atoms with van der Waals surface area (Å²) < 4.78 is 0. The second-order valence-electron chi connectivity index (χ2n) is 2.47. The zero-order valence-corrected chi connectivity index (χ0v) is 7.24. The summed E-state index contributed by atoms with van der Waals surface area (Å²) >= 11 is 0. The molecule has 2 N–H and O–H groups in total. The highest BCUT2D eigenvalue weighted by atomic mass is 16.7. The molecule has 15 heavy (non-hydrogen) atoms. The molecule has 0 aromatic heterocycles. The van der Waals surface area contributed by atoms with Crippen LogP contribution in [0, 0.1) is 25.1 Å². The Morgan fingerprint density at radius 3 is 2.07 bits per heavy atom. The molecular formula is C4H6N6O5. The summed E-state index contributed by atoms with van der Waals surface area (Å²) in [7, 11) is 0. The minimum atomic E-state index is -1.19. The Morgan fingerprint density at radius 2 is 1.73 bits per heavy atom. The van der Waals surface area contributed by atoms with Crippen molar-refractivity contribution in [2.24, 2.45) is 5.29 Å². The fourth-order valence-corrected chi connectivity index (χ4v) is 0.924. The lowest BCUT2D eigenvalue weighted by Crippen LogP contribution is -2.48. The van der Waals surface area contributed by atoms with Gasteiger partial charge in [-0.3, -0.25) is 20.2 Å². The highest BCUT2D eigenvalue weighted by molar-refractivity contribution is 4.99. The van der Waals surface area contributed by atoms with Gasteiger partial charge in [0.25, 0.3) is 5.82 Å². The molecule has 0 atom stereocenters. The van der Waals surface area contributed by atoms with Gasteiger partial charge < -0.3 is 10.6 Å². The molecular weight excluding hydrogens is 212 g/mol. The van der Waals surface area contributed by atoms with E-state index in [0.717, 1.165) is 5.01 Å². The Labute approximate surface area is 82.0 Å². The first-order valence-electron chi connectivity index (χ1n) is 3.65. The monoisotopic (exact) mass is 218 g/mol. The molecule has 1 rings (SSSR count). The number of hydrogen-bond donors (Lipinski definition) is 2. The number of nitrogens with one attached hydrogen (secondary N) is 2. The van der Waals surface area contributed by atoms with Crippen molar-refractivity contribution in [1.82, 2.24) is 15.6 Å². The van der Waals surface area contributed by atoms with Crippen LogP contribution >= 0.6 is 0 Å². The maximum Gasteiger partial charge on any atom is 0.599 e. The van der Waals surface area contributed by atoms with Crippen molar-refractivity contribution in [2.75, 3.05) is 13.3 Å². The lowest BCUT2D eigenvalue weighted by molar-refractivity contribution is -0.618. The van der Waals surface area contributed by atoms with E-state index in [9.17, 15) is 25.1 Å². The van der Waals surface area contributed by atoms with Gasteiger partial charge in [0.2, 0.25) is 0 Å². The first kappa shape index (κ1) is 10.6. The van der Waals surface area contributed by atoms with E-state index in [-0.39, 0.29) is 19.2 Å². The predicted octanol–water partition coefficient (Wildman–Crippen LogP) is -1.24. The highest BCUT2D eigenvalue weighted by Gasteiger charge is 2.34. The lowest BCUT2D eigenvalue weighted by atomic mass is 10.5. The molecule has 0 amide bonds.